The summed E-state index contributed by atoms with van der Waals surface area (Å²) in [5, 5.41) is 27.8. The van der Waals surface area contributed by atoms with Crippen molar-refractivity contribution in [2.24, 2.45) is 5.92 Å². The molecule has 18 heavy (non-hydrogen) atoms. The molecule has 8 heteroatoms. The van der Waals surface area contributed by atoms with Crippen LogP contribution in [0.15, 0.2) is 17.1 Å². The third-order valence-corrected chi connectivity index (χ3v) is 2.82. The molecule has 0 spiro atoms. The normalized spacial score (nSPS) is 31.2. The molecule has 0 saturated carbocycles. The molecule has 1 aliphatic heterocycles. The zero-order valence-corrected chi connectivity index (χ0v) is 9.30. The van der Waals surface area contributed by atoms with E-state index < -0.39 is 36.7 Å². The zero-order valence-electron chi connectivity index (χ0n) is 9.30. The predicted molar refractivity (Wildman–Crippen MR) is 59.0 cm³/mol. The van der Waals surface area contributed by atoms with Gasteiger partial charge in [0.05, 0.1) is 12.7 Å². The van der Waals surface area contributed by atoms with Gasteiger partial charge < -0.3 is 20.7 Å². The predicted octanol–water partition coefficient (Wildman–Crippen LogP) is -1.78. The molecule has 1 fully saturated rings. The average Bonchev–Trinajstić information content (AvgIpc) is 2.65. The van der Waals surface area contributed by atoms with Gasteiger partial charge in [-0.1, -0.05) is 0 Å². The highest BCUT2D eigenvalue weighted by atomic mass is 16.5. The van der Waals surface area contributed by atoms with Crippen LogP contribution in [0.3, 0.4) is 0 Å². The Labute approximate surface area is 102 Å². The Morgan fingerprint density at radius 2 is 2.39 bits per heavy atom. The average molecular weight is 252 g/mol. The van der Waals surface area contributed by atoms with Gasteiger partial charge in [0.2, 0.25) is 0 Å². The van der Waals surface area contributed by atoms with Crippen molar-refractivity contribution in [1.82, 2.24) is 9.55 Å². The Morgan fingerprint density at radius 1 is 1.67 bits per heavy atom. The van der Waals surface area contributed by atoms with Gasteiger partial charge in [0, 0.05) is 6.20 Å². The molecule has 0 bridgehead atoms. The topological polar surface area (TPSA) is 134 Å². The summed E-state index contributed by atoms with van der Waals surface area (Å²) in [6.07, 6.45) is -1.70. The van der Waals surface area contributed by atoms with Gasteiger partial charge in [-0.2, -0.15) is 10.2 Å². The van der Waals surface area contributed by atoms with Crippen LogP contribution in [0.25, 0.3) is 0 Å². The summed E-state index contributed by atoms with van der Waals surface area (Å²) in [4.78, 5) is 15.1. The fourth-order valence-electron chi connectivity index (χ4n) is 1.89. The lowest BCUT2D eigenvalue weighted by Gasteiger charge is -2.16. The van der Waals surface area contributed by atoms with E-state index in [0.29, 0.717) is 0 Å². The van der Waals surface area contributed by atoms with Crippen molar-refractivity contribution in [2.75, 3.05) is 12.3 Å². The summed E-state index contributed by atoms with van der Waals surface area (Å²) >= 11 is 0. The van der Waals surface area contributed by atoms with Crippen molar-refractivity contribution in [3.05, 3.63) is 22.7 Å². The van der Waals surface area contributed by atoms with Crippen LogP contribution in [0.2, 0.25) is 0 Å². The third kappa shape index (κ3) is 1.95. The van der Waals surface area contributed by atoms with E-state index in [2.05, 4.69) is 4.98 Å². The van der Waals surface area contributed by atoms with Crippen LogP contribution in [-0.2, 0) is 4.74 Å². The summed E-state index contributed by atoms with van der Waals surface area (Å²) in [7, 11) is 0. The molecule has 2 rings (SSSR count). The van der Waals surface area contributed by atoms with Crippen LogP contribution in [-0.4, -0.2) is 38.6 Å². The highest BCUT2D eigenvalue weighted by molar-refractivity contribution is 5.23. The van der Waals surface area contributed by atoms with Crippen LogP contribution in [0.1, 0.15) is 6.23 Å². The van der Waals surface area contributed by atoms with Gasteiger partial charge in [0.1, 0.15) is 23.9 Å². The van der Waals surface area contributed by atoms with E-state index in [1.807, 2.05) is 6.07 Å². The number of aliphatic hydroxyl groups excluding tert-OH is 2. The molecule has 2 heterocycles. The fourth-order valence-corrected chi connectivity index (χ4v) is 1.89. The molecule has 0 aromatic carbocycles. The summed E-state index contributed by atoms with van der Waals surface area (Å²) in [5.74, 6) is -0.896. The summed E-state index contributed by atoms with van der Waals surface area (Å²) in [6.45, 7) is -0.438. The number of hydrogen-bond donors (Lipinski definition) is 3. The summed E-state index contributed by atoms with van der Waals surface area (Å²) < 4.78 is 6.37. The first-order valence-corrected chi connectivity index (χ1v) is 5.27. The molecule has 0 amide bonds. The third-order valence-electron chi connectivity index (χ3n) is 2.82. The van der Waals surface area contributed by atoms with Crippen LogP contribution in [0.4, 0.5) is 5.82 Å². The lowest BCUT2D eigenvalue weighted by Crippen LogP contribution is -2.31. The Bertz CT molecular complexity index is 537. The highest BCUT2D eigenvalue weighted by Crippen LogP contribution is 2.33. The molecule has 0 aliphatic carbocycles. The van der Waals surface area contributed by atoms with E-state index in [4.69, 9.17) is 20.8 Å². The van der Waals surface area contributed by atoms with Crippen molar-refractivity contribution in [1.29, 1.82) is 5.26 Å². The second-order valence-corrected chi connectivity index (χ2v) is 3.94. The van der Waals surface area contributed by atoms with Gasteiger partial charge >= 0.3 is 5.69 Å². The fraction of sp³-hybridized carbons (Fsp3) is 0.500. The lowest BCUT2D eigenvalue weighted by atomic mass is 10.0. The van der Waals surface area contributed by atoms with Crippen molar-refractivity contribution in [2.45, 2.75) is 18.4 Å². The molecular formula is C10H12N4O4. The number of aromatic nitrogens is 2. The second kappa shape index (κ2) is 4.73. The van der Waals surface area contributed by atoms with E-state index in [1.165, 1.54) is 12.3 Å². The molecule has 1 saturated heterocycles. The number of nitrogens with zero attached hydrogens (tertiary/aromatic N) is 3. The van der Waals surface area contributed by atoms with Gasteiger partial charge in [0.25, 0.3) is 0 Å². The maximum Gasteiger partial charge on any atom is 0.351 e. The number of nitriles is 1. The minimum Gasteiger partial charge on any atom is -0.394 e. The number of aliphatic hydroxyl groups is 2. The zero-order chi connectivity index (χ0) is 13.3. The molecule has 1 aromatic heterocycles. The lowest BCUT2D eigenvalue weighted by molar-refractivity contribution is -0.0469. The molecule has 1 aliphatic rings. The van der Waals surface area contributed by atoms with Gasteiger partial charge in [-0.15, -0.1) is 0 Å². The minimum absolute atomic E-state index is 0.0574. The molecule has 1 aromatic rings. The van der Waals surface area contributed by atoms with Crippen LogP contribution >= 0.6 is 0 Å². The van der Waals surface area contributed by atoms with Crippen molar-refractivity contribution >= 4 is 5.82 Å². The van der Waals surface area contributed by atoms with Crippen molar-refractivity contribution < 1.29 is 14.9 Å². The number of hydrogen-bond acceptors (Lipinski definition) is 7. The minimum atomic E-state index is -1.16. The molecule has 96 valence electrons. The van der Waals surface area contributed by atoms with Crippen molar-refractivity contribution in [3.8, 4) is 6.07 Å². The number of nitrogens with two attached hydrogens (primary N) is 1. The van der Waals surface area contributed by atoms with Gasteiger partial charge in [0.15, 0.2) is 6.23 Å². The number of nitrogen functional groups attached to an aromatic ring is 1. The molecule has 0 radical (unpaired) electrons. The van der Waals surface area contributed by atoms with E-state index in [-0.39, 0.29) is 5.82 Å². The van der Waals surface area contributed by atoms with E-state index >= 15 is 0 Å². The maximum atomic E-state index is 11.6. The largest absolute Gasteiger partial charge is 0.394 e. The van der Waals surface area contributed by atoms with E-state index in [9.17, 15) is 9.90 Å². The first kappa shape index (κ1) is 12.5. The first-order chi connectivity index (χ1) is 8.58. The monoisotopic (exact) mass is 252 g/mol. The SMILES string of the molecule is N#CC1[C@@H](O)[C@@H](CO)O[C@H]1n1ccc(N)nc1=O. The van der Waals surface area contributed by atoms with Crippen LogP contribution < -0.4 is 11.4 Å². The van der Waals surface area contributed by atoms with Crippen molar-refractivity contribution in [3.63, 3.8) is 0 Å². The Kier molecular flexibility index (Phi) is 3.29. The van der Waals surface area contributed by atoms with E-state index in [1.54, 1.807) is 0 Å². The Hall–Kier alpha value is -1.95. The number of ether oxygens (including phenoxy) is 1. The Morgan fingerprint density at radius 3 is 2.94 bits per heavy atom. The van der Waals surface area contributed by atoms with Crippen LogP contribution in [0, 0.1) is 17.2 Å². The quantitative estimate of drug-likeness (QED) is 0.566. The maximum absolute atomic E-state index is 11.6. The molecular weight excluding hydrogens is 240 g/mol. The second-order valence-electron chi connectivity index (χ2n) is 3.94. The smallest absolute Gasteiger partial charge is 0.351 e. The molecule has 8 nitrogen and oxygen atoms in total. The molecule has 1 unspecified atom stereocenters. The van der Waals surface area contributed by atoms with Gasteiger partial charge in [-0.3, -0.25) is 4.57 Å². The van der Waals surface area contributed by atoms with Gasteiger partial charge in [-0.25, -0.2) is 4.79 Å². The molecule has 4 N–H and O–H groups in total. The summed E-state index contributed by atoms with van der Waals surface area (Å²) in [6, 6.07) is 3.25. The van der Waals surface area contributed by atoms with Crippen LogP contribution in [0.5, 0.6) is 0 Å². The standard InChI is InChI=1S/C10H12N4O4/c11-3-5-8(16)6(4-15)18-9(5)14-2-1-7(12)13-10(14)17/h1-2,5-6,8-9,15-16H,4H2,(H2,12,13,17)/t5?,6-,8-,9-/m1/s1. The number of anilines is 1. The number of rotatable bonds is 2. The first-order valence-electron chi connectivity index (χ1n) is 5.27. The molecule has 4 atom stereocenters. The highest BCUT2D eigenvalue weighted by Gasteiger charge is 2.45. The van der Waals surface area contributed by atoms with E-state index in [0.717, 1.165) is 4.57 Å². The Balaban J connectivity index is 2.39. The van der Waals surface area contributed by atoms with Gasteiger partial charge in [-0.05, 0) is 6.07 Å². The summed E-state index contributed by atoms with van der Waals surface area (Å²) in [5.41, 5.74) is 4.68.